The molecule has 0 aromatic carbocycles. The van der Waals surface area contributed by atoms with Crippen LogP contribution in [0.5, 0.6) is 0 Å². The van der Waals surface area contributed by atoms with Gasteiger partial charge in [-0.25, -0.2) is 0 Å². The van der Waals surface area contributed by atoms with Crippen molar-refractivity contribution in [3.8, 4) is 0 Å². The van der Waals surface area contributed by atoms with Gasteiger partial charge in [-0.2, -0.15) is 0 Å². The predicted molar refractivity (Wildman–Crippen MR) is 81.8 cm³/mol. The number of aliphatic hydroxyl groups is 1. The van der Waals surface area contributed by atoms with E-state index in [9.17, 15) is 9.90 Å². The molecule has 0 bridgehead atoms. The highest BCUT2D eigenvalue weighted by atomic mass is 32.1. The van der Waals surface area contributed by atoms with Gasteiger partial charge in [0.05, 0.1) is 19.6 Å². The molecule has 1 rings (SSSR count). The first-order valence-electron chi connectivity index (χ1n) is 7.13. The number of ether oxygens (including phenoxy) is 1. The van der Waals surface area contributed by atoms with Crippen molar-refractivity contribution in [1.82, 2.24) is 5.32 Å². The second-order valence-corrected chi connectivity index (χ2v) is 6.15. The Kier molecular flexibility index (Phi) is 7.80. The second-order valence-electron chi connectivity index (χ2n) is 4.90. The predicted octanol–water partition coefficient (Wildman–Crippen LogP) is 2.35. The molecule has 1 aromatic heterocycles. The molecule has 20 heavy (non-hydrogen) atoms. The summed E-state index contributed by atoms with van der Waals surface area (Å²) in [7, 11) is 1.40. The lowest BCUT2D eigenvalue weighted by Gasteiger charge is -2.20. The standard InChI is InChI=1S/C15H25NO3S/c1-4-11(5-2)14(17)10-16-9-13-7-6-12(20-13)8-15(18)19-3/h6-7,11,14,16-17H,4-5,8-10H2,1-3H3. The topological polar surface area (TPSA) is 58.6 Å². The third-order valence-electron chi connectivity index (χ3n) is 3.51. The van der Waals surface area contributed by atoms with Crippen molar-refractivity contribution in [3.63, 3.8) is 0 Å². The summed E-state index contributed by atoms with van der Waals surface area (Å²) in [6.45, 7) is 5.55. The van der Waals surface area contributed by atoms with Crippen LogP contribution in [0.3, 0.4) is 0 Å². The monoisotopic (exact) mass is 299 g/mol. The number of rotatable bonds is 9. The third kappa shape index (κ3) is 5.61. The van der Waals surface area contributed by atoms with E-state index < -0.39 is 0 Å². The van der Waals surface area contributed by atoms with E-state index >= 15 is 0 Å². The van der Waals surface area contributed by atoms with Gasteiger partial charge < -0.3 is 15.2 Å². The summed E-state index contributed by atoms with van der Waals surface area (Å²) in [6.07, 6.45) is 2.04. The molecule has 1 atom stereocenters. The molecular weight excluding hydrogens is 274 g/mol. The minimum absolute atomic E-state index is 0.212. The Bertz CT molecular complexity index is 402. The molecule has 0 amide bonds. The van der Waals surface area contributed by atoms with Gasteiger partial charge in [0.15, 0.2) is 0 Å². The highest BCUT2D eigenvalue weighted by Crippen LogP contribution is 2.17. The molecule has 1 unspecified atom stereocenters. The van der Waals surface area contributed by atoms with Gasteiger partial charge in [-0.3, -0.25) is 4.79 Å². The molecule has 0 spiro atoms. The van der Waals surface area contributed by atoms with Crippen LogP contribution in [0.15, 0.2) is 12.1 Å². The van der Waals surface area contributed by atoms with Gasteiger partial charge in [-0.15, -0.1) is 11.3 Å². The van der Waals surface area contributed by atoms with Crippen molar-refractivity contribution in [2.75, 3.05) is 13.7 Å². The van der Waals surface area contributed by atoms with Crippen LogP contribution in [0.2, 0.25) is 0 Å². The lowest BCUT2D eigenvalue weighted by atomic mass is 9.97. The summed E-state index contributed by atoms with van der Waals surface area (Å²) < 4.78 is 4.65. The molecule has 5 heteroatoms. The number of carbonyl (C=O) groups excluding carboxylic acids is 1. The van der Waals surface area contributed by atoms with E-state index in [2.05, 4.69) is 23.9 Å². The van der Waals surface area contributed by atoms with Crippen LogP contribution in [-0.2, 0) is 22.5 Å². The van der Waals surface area contributed by atoms with Crippen molar-refractivity contribution in [3.05, 3.63) is 21.9 Å². The number of aliphatic hydroxyl groups excluding tert-OH is 1. The van der Waals surface area contributed by atoms with E-state index in [0.29, 0.717) is 18.9 Å². The molecule has 1 heterocycles. The van der Waals surface area contributed by atoms with Crippen molar-refractivity contribution in [2.24, 2.45) is 5.92 Å². The Morgan fingerprint density at radius 1 is 1.35 bits per heavy atom. The SMILES string of the molecule is CCC(CC)C(O)CNCc1ccc(CC(=O)OC)s1. The molecule has 0 aliphatic carbocycles. The van der Waals surface area contributed by atoms with Crippen LogP contribution in [0.1, 0.15) is 36.4 Å². The molecule has 1 aromatic rings. The van der Waals surface area contributed by atoms with E-state index in [0.717, 1.165) is 24.3 Å². The van der Waals surface area contributed by atoms with Gasteiger partial charge in [0, 0.05) is 22.8 Å². The molecular formula is C15H25NO3S. The Labute approximate surface area is 125 Å². The zero-order chi connectivity index (χ0) is 15.0. The van der Waals surface area contributed by atoms with Gasteiger partial charge in [-0.1, -0.05) is 26.7 Å². The first-order chi connectivity index (χ1) is 9.60. The summed E-state index contributed by atoms with van der Waals surface area (Å²) in [5, 5.41) is 13.3. The van der Waals surface area contributed by atoms with E-state index in [1.807, 2.05) is 12.1 Å². The highest BCUT2D eigenvalue weighted by Gasteiger charge is 2.14. The maximum atomic E-state index is 11.2. The van der Waals surface area contributed by atoms with Gasteiger partial charge >= 0.3 is 5.97 Å². The van der Waals surface area contributed by atoms with Gasteiger partial charge in [0.2, 0.25) is 0 Å². The molecule has 0 saturated carbocycles. The molecule has 0 saturated heterocycles. The third-order valence-corrected chi connectivity index (χ3v) is 4.59. The molecule has 0 fully saturated rings. The fraction of sp³-hybridized carbons (Fsp3) is 0.667. The zero-order valence-corrected chi connectivity index (χ0v) is 13.3. The Morgan fingerprint density at radius 2 is 2.00 bits per heavy atom. The number of carbonyl (C=O) groups is 1. The molecule has 0 radical (unpaired) electrons. The summed E-state index contributed by atoms with van der Waals surface area (Å²) in [4.78, 5) is 13.3. The number of esters is 1. The van der Waals surface area contributed by atoms with Gasteiger partial charge in [-0.05, 0) is 18.1 Å². The molecule has 114 valence electrons. The van der Waals surface area contributed by atoms with Gasteiger partial charge in [0.25, 0.3) is 0 Å². The highest BCUT2D eigenvalue weighted by molar-refractivity contribution is 7.12. The molecule has 0 aliphatic rings. The van der Waals surface area contributed by atoms with Crippen LogP contribution in [0.25, 0.3) is 0 Å². The Morgan fingerprint density at radius 3 is 2.60 bits per heavy atom. The smallest absolute Gasteiger partial charge is 0.310 e. The van der Waals surface area contributed by atoms with Crippen LogP contribution >= 0.6 is 11.3 Å². The van der Waals surface area contributed by atoms with Crippen molar-refractivity contribution >= 4 is 17.3 Å². The number of methoxy groups -OCH3 is 1. The van der Waals surface area contributed by atoms with E-state index in [1.54, 1.807) is 11.3 Å². The summed E-state index contributed by atoms with van der Waals surface area (Å²) >= 11 is 1.60. The van der Waals surface area contributed by atoms with Crippen molar-refractivity contribution in [2.45, 2.75) is 45.8 Å². The molecule has 4 nitrogen and oxygen atoms in total. The average molecular weight is 299 g/mol. The van der Waals surface area contributed by atoms with Crippen molar-refractivity contribution in [1.29, 1.82) is 0 Å². The van der Waals surface area contributed by atoms with Crippen LogP contribution in [-0.4, -0.2) is 30.8 Å². The number of hydrogen-bond donors (Lipinski definition) is 2. The summed E-state index contributed by atoms with van der Waals surface area (Å²) in [5.74, 6) is 0.149. The lowest BCUT2D eigenvalue weighted by molar-refractivity contribution is -0.139. The quantitative estimate of drug-likeness (QED) is 0.687. The van der Waals surface area contributed by atoms with Crippen LogP contribution < -0.4 is 5.32 Å². The summed E-state index contributed by atoms with van der Waals surface area (Å²) in [6, 6.07) is 3.97. The van der Waals surface area contributed by atoms with E-state index in [-0.39, 0.29) is 12.1 Å². The second kappa shape index (κ2) is 9.10. The van der Waals surface area contributed by atoms with E-state index in [4.69, 9.17) is 0 Å². The van der Waals surface area contributed by atoms with E-state index in [1.165, 1.54) is 12.0 Å². The number of thiophene rings is 1. The molecule has 0 aliphatic heterocycles. The number of hydrogen-bond acceptors (Lipinski definition) is 5. The number of nitrogens with one attached hydrogen (secondary N) is 1. The van der Waals surface area contributed by atoms with Gasteiger partial charge in [0.1, 0.15) is 0 Å². The normalized spacial score (nSPS) is 12.7. The summed E-state index contributed by atoms with van der Waals surface area (Å²) in [5.41, 5.74) is 0. The molecule has 2 N–H and O–H groups in total. The fourth-order valence-electron chi connectivity index (χ4n) is 2.17. The maximum absolute atomic E-state index is 11.2. The zero-order valence-electron chi connectivity index (χ0n) is 12.5. The van der Waals surface area contributed by atoms with Crippen LogP contribution in [0, 0.1) is 5.92 Å². The average Bonchev–Trinajstić information content (AvgIpc) is 2.87. The fourth-order valence-corrected chi connectivity index (χ4v) is 3.14. The Balaban J connectivity index is 2.33. The maximum Gasteiger partial charge on any atom is 0.310 e. The minimum Gasteiger partial charge on any atom is -0.469 e. The first kappa shape index (κ1) is 17.1. The van der Waals surface area contributed by atoms with Crippen LogP contribution in [0.4, 0.5) is 0 Å². The first-order valence-corrected chi connectivity index (χ1v) is 7.95. The minimum atomic E-state index is -0.292. The Hall–Kier alpha value is -0.910. The van der Waals surface area contributed by atoms with Crippen molar-refractivity contribution < 1.29 is 14.6 Å². The lowest BCUT2D eigenvalue weighted by Crippen LogP contribution is -2.32. The largest absolute Gasteiger partial charge is 0.469 e.